The van der Waals surface area contributed by atoms with E-state index < -0.39 is 16.1 Å². The monoisotopic (exact) mass is 344 g/mol. The Hall–Kier alpha value is -2.18. The molecule has 2 aromatic rings. The van der Waals surface area contributed by atoms with Crippen molar-refractivity contribution in [3.05, 3.63) is 59.7 Å². The van der Waals surface area contributed by atoms with Crippen LogP contribution in [0.1, 0.15) is 30.9 Å². The summed E-state index contributed by atoms with van der Waals surface area (Å²) in [7, 11) is -3.75. The Bertz CT molecular complexity index is 858. The van der Waals surface area contributed by atoms with Gasteiger partial charge in [-0.15, -0.1) is 0 Å². The van der Waals surface area contributed by atoms with Gasteiger partial charge in [-0.1, -0.05) is 44.2 Å². The van der Waals surface area contributed by atoms with Gasteiger partial charge in [-0.05, 0) is 41.7 Å². The summed E-state index contributed by atoms with van der Waals surface area (Å²) in [5, 5.41) is 2.74. The number of anilines is 1. The number of benzene rings is 2. The minimum atomic E-state index is -3.75. The van der Waals surface area contributed by atoms with E-state index in [4.69, 9.17) is 0 Å². The molecule has 6 heteroatoms. The zero-order chi connectivity index (χ0) is 17.3. The van der Waals surface area contributed by atoms with Crippen LogP contribution in [0.2, 0.25) is 0 Å². The summed E-state index contributed by atoms with van der Waals surface area (Å²) in [5.74, 6) is -0.00795. The first-order valence-electron chi connectivity index (χ1n) is 7.88. The van der Waals surface area contributed by atoms with Crippen LogP contribution in [0.15, 0.2) is 53.4 Å². The van der Waals surface area contributed by atoms with Gasteiger partial charge in [0.1, 0.15) is 6.04 Å². The van der Waals surface area contributed by atoms with E-state index in [1.54, 1.807) is 24.3 Å². The molecule has 3 rings (SSSR count). The van der Waals surface area contributed by atoms with Crippen molar-refractivity contribution in [1.82, 2.24) is 4.72 Å². The summed E-state index contributed by atoms with van der Waals surface area (Å²) in [6.07, 6.45) is 0.339. The molecule has 1 aliphatic heterocycles. The van der Waals surface area contributed by atoms with E-state index in [1.165, 1.54) is 0 Å². The number of para-hydroxylation sites is 1. The third-order valence-electron chi connectivity index (χ3n) is 4.17. The average Bonchev–Trinajstić information content (AvgIpc) is 2.55. The van der Waals surface area contributed by atoms with E-state index in [9.17, 15) is 13.2 Å². The number of nitrogens with one attached hydrogen (secondary N) is 2. The van der Waals surface area contributed by atoms with E-state index in [1.807, 2.05) is 38.1 Å². The van der Waals surface area contributed by atoms with Gasteiger partial charge in [0.2, 0.25) is 15.9 Å². The fourth-order valence-corrected chi connectivity index (χ4v) is 3.93. The van der Waals surface area contributed by atoms with Crippen molar-refractivity contribution in [3.63, 3.8) is 0 Å². The minimum absolute atomic E-state index is 0.165. The number of fused-ring (bicyclic) bond motifs is 1. The van der Waals surface area contributed by atoms with Crippen molar-refractivity contribution in [2.45, 2.75) is 37.1 Å². The number of carbonyl (C=O) groups excluding carboxylic acids is 1. The van der Waals surface area contributed by atoms with Gasteiger partial charge in [-0.25, -0.2) is 8.42 Å². The third-order valence-corrected chi connectivity index (χ3v) is 5.66. The summed E-state index contributed by atoms with van der Waals surface area (Å²) in [5.41, 5.74) is 2.72. The fraction of sp³-hybridized carbons (Fsp3) is 0.278. The highest BCUT2D eigenvalue weighted by Gasteiger charge is 2.30. The van der Waals surface area contributed by atoms with Gasteiger partial charge in [0, 0.05) is 5.69 Å². The third kappa shape index (κ3) is 3.34. The van der Waals surface area contributed by atoms with Crippen molar-refractivity contribution < 1.29 is 13.2 Å². The maximum Gasteiger partial charge on any atom is 0.242 e. The van der Waals surface area contributed by atoms with Gasteiger partial charge >= 0.3 is 0 Å². The minimum Gasteiger partial charge on any atom is -0.324 e. The van der Waals surface area contributed by atoms with Crippen molar-refractivity contribution in [1.29, 1.82) is 0 Å². The predicted molar refractivity (Wildman–Crippen MR) is 93.4 cm³/mol. The number of hydrogen-bond donors (Lipinski definition) is 2. The molecule has 0 fully saturated rings. The molecule has 2 N–H and O–H groups in total. The smallest absolute Gasteiger partial charge is 0.242 e. The topological polar surface area (TPSA) is 75.3 Å². The first-order chi connectivity index (χ1) is 11.4. The second-order valence-electron chi connectivity index (χ2n) is 6.25. The Morgan fingerprint density at radius 2 is 1.75 bits per heavy atom. The molecule has 0 aromatic heterocycles. The zero-order valence-corrected chi connectivity index (χ0v) is 14.4. The lowest BCUT2D eigenvalue weighted by molar-refractivity contribution is -0.118. The van der Waals surface area contributed by atoms with E-state index >= 15 is 0 Å². The summed E-state index contributed by atoms with van der Waals surface area (Å²) in [6.45, 7) is 4.09. The second kappa shape index (κ2) is 6.37. The molecule has 1 heterocycles. The standard InChI is InChI=1S/C18H20N2O3S/c1-12(2)13-7-9-15(10-8-13)24(22,23)20-17-11-14-5-3-4-6-16(14)19-18(17)21/h3-10,12,17,20H,11H2,1-2H3,(H,19,21). The van der Waals surface area contributed by atoms with Gasteiger partial charge in [-0.3, -0.25) is 4.79 Å². The number of hydrogen-bond acceptors (Lipinski definition) is 3. The van der Waals surface area contributed by atoms with Gasteiger partial charge in [0.15, 0.2) is 0 Å². The van der Waals surface area contributed by atoms with Crippen LogP contribution in [0.4, 0.5) is 5.69 Å². The molecule has 0 aliphatic carbocycles. The Morgan fingerprint density at radius 3 is 2.42 bits per heavy atom. The fourth-order valence-electron chi connectivity index (χ4n) is 2.74. The summed E-state index contributed by atoms with van der Waals surface area (Å²) < 4.78 is 27.6. The van der Waals surface area contributed by atoms with Crippen LogP contribution in [-0.2, 0) is 21.2 Å². The summed E-state index contributed by atoms with van der Waals surface area (Å²) in [4.78, 5) is 12.3. The molecule has 24 heavy (non-hydrogen) atoms. The Kier molecular flexibility index (Phi) is 4.43. The van der Waals surface area contributed by atoms with Gasteiger partial charge in [0.25, 0.3) is 0 Å². The molecule has 0 radical (unpaired) electrons. The molecular formula is C18H20N2O3S. The molecule has 1 aliphatic rings. The number of sulfonamides is 1. The van der Waals surface area contributed by atoms with Gasteiger partial charge < -0.3 is 5.32 Å². The van der Waals surface area contributed by atoms with E-state index in [0.717, 1.165) is 16.8 Å². The largest absolute Gasteiger partial charge is 0.324 e. The van der Waals surface area contributed by atoms with Crippen molar-refractivity contribution in [3.8, 4) is 0 Å². The number of rotatable bonds is 4. The molecule has 1 amide bonds. The lowest BCUT2D eigenvalue weighted by atomic mass is 10.00. The lowest BCUT2D eigenvalue weighted by Crippen LogP contribution is -2.47. The molecule has 0 bridgehead atoms. The van der Waals surface area contributed by atoms with Crippen molar-refractivity contribution in [2.75, 3.05) is 5.32 Å². The van der Waals surface area contributed by atoms with Crippen LogP contribution in [0.25, 0.3) is 0 Å². The van der Waals surface area contributed by atoms with Crippen LogP contribution in [-0.4, -0.2) is 20.4 Å². The summed E-state index contributed by atoms with van der Waals surface area (Å²) >= 11 is 0. The van der Waals surface area contributed by atoms with E-state index in [2.05, 4.69) is 10.0 Å². The van der Waals surface area contributed by atoms with Gasteiger partial charge in [0.05, 0.1) is 4.90 Å². The van der Waals surface area contributed by atoms with Crippen molar-refractivity contribution in [2.24, 2.45) is 0 Å². The van der Waals surface area contributed by atoms with Crippen LogP contribution in [0, 0.1) is 0 Å². The first kappa shape index (κ1) is 16.7. The van der Waals surface area contributed by atoms with E-state index in [0.29, 0.717) is 12.3 Å². The number of amides is 1. The molecule has 2 aromatic carbocycles. The second-order valence-corrected chi connectivity index (χ2v) is 7.96. The molecule has 1 unspecified atom stereocenters. The van der Waals surface area contributed by atoms with Crippen LogP contribution in [0.5, 0.6) is 0 Å². The normalized spacial score (nSPS) is 17.5. The van der Waals surface area contributed by atoms with Crippen LogP contribution >= 0.6 is 0 Å². The molecule has 5 nitrogen and oxygen atoms in total. The molecule has 126 valence electrons. The molecule has 0 saturated carbocycles. The molecule has 1 atom stereocenters. The first-order valence-corrected chi connectivity index (χ1v) is 9.36. The van der Waals surface area contributed by atoms with Crippen molar-refractivity contribution >= 4 is 21.6 Å². The molecule has 0 saturated heterocycles. The maximum atomic E-state index is 12.5. The zero-order valence-electron chi connectivity index (χ0n) is 13.6. The highest BCUT2D eigenvalue weighted by Crippen LogP contribution is 2.23. The van der Waals surface area contributed by atoms with Crippen LogP contribution in [0.3, 0.4) is 0 Å². The molecular weight excluding hydrogens is 324 g/mol. The average molecular weight is 344 g/mol. The summed E-state index contributed by atoms with van der Waals surface area (Å²) in [6, 6.07) is 13.3. The Labute approximate surface area is 142 Å². The maximum absolute atomic E-state index is 12.5. The highest BCUT2D eigenvalue weighted by molar-refractivity contribution is 7.89. The van der Waals surface area contributed by atoms with Gasteiger partial charge in [-0.2, -0.15) is 4.72 Å². The Morgan fingerprint density at radius 1 is 1.08 bits per heavy atom. The number of carbonyl (C=O) groups is 1. The SMILES string of the molecule is CC(C)c1ccc(S(=O)(=O)NC2Cc3ccccc3NC2=O)cc1. The quantitative estimate of drug-likeness (QED) is 0.895. The van der Waals surface area contributed by atoms with Crippen LogP contribution < -0.4 is 10.0 Å². The molecule has 0 spiro atoms. The predicted octanol–water partition coefficient (Wildman–Crippen LogP) is 2.65. The Balaban J connectivity index is 1.81. The highest BCUT2D eigenvalue weighted by atomic mass is 32.2. The lowest BCUT2D eigenvalue weighted by Gasteiger charge is -2.25. The van der Waals surface area contributed by atoms with E-state index in [-0.39, 0.29) is 10.8 Å².